The summed E-state index contributed by atoms with van der Waals surface area (Å²) >= 11 is 0. The fraction of sp³-hybridized carbons (Fsp3) is 0.778. The van der Waals surface area contributed by atoms with Crippen molar-refractivity contribution in [2.45, 2.75) is 25.4 Å². The molecule has 3 N–H and O–H groups in total. The summed E-state index contributed by atoms with van der Waals surface area (Å²) in [6.07, 6.45) is -0.377. The van der Waals surface area contributed by atoms with E-state index in [-0.39, 0.29) is 24.5 Å². The van der Waals surface area contributed by atoms with Gasteiger partial charge in [0.1, 0.15) is 0 Å². The Labute approximate surface area is 99.5 Å². The van der Waals surface area contributed by atoms with Crippen molar-refractivity contribution in [1.29, 1.82) is 0 Å². The second kappa shape index (κ2) is 5.01. The average molecular weight is 264 g/mol. The molecular weight excluding hydrogens is 248 g/mol. The lowest BCUT2D eigenvalue weighted by Gasteiger charge is -2.35. The Kier molecular flexibility index (Phi) is 4.10. The van der Waals surface area contributed by atoms with E-state index in [9.17, 15) is 18.0 Å². The molecule has 0 aromatic heterocycles. The lowest BCUT2D eigenvalue weighted by atomic mass is 10.1. The van der Waals surface area contributed by atoms with Crippen molar-refractivity contribution in [3.8, 4) is 0 Å². The first kappa shape index (κ1) is 13.9. The van der Waals surface area contributed by atoms with Gasteiger partial charge in [-0.15, -0.1) is 0 Å². The molecule has 1 aliphatic heterocycles. The van der Waals surface area contributed by atoms with Crippen LogP contribution >= 0.6 is 0 Å². The highest BCUT2D eigenvalue weighted by Gasteiger charge is 2.36. The Morgan fingerprint density at radius 2 is 2.12 bits per heavy atom. The number of carboxylic acid groups (broad SMARTS) is 1. The van der Waals surface area contributed by atoms with E-state index >= 15 is 0 Å². The molecule has 17 heavy (non-hydrogen) atoms. The number of aliphatic carboxylic acids is 1. The van der Waals surface area contributed by atoms with Gasteiger partial charge >= 0.3 is 5.97 Å². The van der Waals surface area contributed by atoms with Crippen LogP contribution in [0.4, 0.5) is 0 Å². The standard InChI is InChI=1S/C9H16N2O5S/c1-6(10)9(14)11-2-3-17(15,16)5-7(11)4-8(12)13/h6-7H,2-5,10H2,1H3,(H,12,13). The first-order chi connectivity index (χ1) is 7.73. The molecule has 0 spiro atoms. The second-order valence-electron chi connectivity index (χ2n) is 4.19. The number of rotatable bonds is 3. The Balaban J connectivity index is 2.88. The van der Waals surface area contributed by atoms with Gasteiger partial charge in [-0.3, -0.25) is 9.59 Å². The van der Waals surface area contributed by atoms with E-state index in [2.05, 4.69) is 0 Å². The van der Waals surface area contributed by atoms with Crippen LogP contribution in [-0.4, -0.2) is 60.4 Å². The van der Waals surface area contributed by atoms with E-state index in [1.807, 2.05) is 0 Å². The maximum atomic E-state index is 11.7. The molecule has 0 radical (unpaired) electrons. The van der Waals surface area contributed by atoms with Crippen molar-refractivity contribution in [3.63, 3.8) is 0 Å². The molecule has 0 saturated carbocycles. The van der Waals surface area contributed by atoms with Crippen LogP contribution in [0.3, 0.4) is 0 Å². The summed E-state index contributed by atoms with van der Waals surface area (Å²) in [4.78, 5) is 23.6. The maximum absolute atomic E-state index is 11.7. The Morgan fingerprint density at radius 1 is 1.53 bits per heavy atom. The number of nitrogens with zero attached hydrogens (tertiary/aromatic N) is 1. The van der Waals surface area contributed by atoms with Crippen LogP contribution < -0.4 is 5.73 Å². The van der Waals surface area contributed by atoms with Crippen molar-refractivity contribution >= 4 is 21.7 Å². The number of hydrogen-bond acceptors (Lipinski definition) is 5. The summed E-state index contributed by atoms with van der Waals surface area (Å²) in [6, 6.07) is -1.57. The molecular formula is C9H16N2O5S. The molecule has 2 atom stereocenters. The molecule has 1 fully saturated rings. The smallest absolute Gasteiger partial charge is 0.305 e. The third kappa shape index (κ3) is 3.67. The van der Waals surface area contributed by atoms with Crippen LogP contribution in [0.5, 0.6) is 0 Å². The third-order valence-corrected chi connectivity index (χ3v) is 4.31. The van der Waals surface area contributed by atoms with Crippen molar-refractivity contribution in [2.24, 2.45) is 5.73 Å². The summed E-state index contributed by atoms with van der Waals surface area (Å²) in [5.41, 5.74) is 5.44. The molecule has 1 aliphatic rings. The first-order valence-corrected chi connectivity index (χ1v) is 7.03. The fourth-order valence-electron chi connectivity index (χ4n) is 1.81. The minimum Gasteiger partial charge on any atom is -0.481 e. The SMILES string of the molecule is CC(N)C(=O)N1CCS(=O)(=O)CC1CC(=O)O. The van der Waals surface area contributed by atoms with Crippen molar-refractivity contribution < 1.29 is 23.1 Å². The minimum absolute atomic E-state index is 0.0145. The van der Waals surface area contributed by atoms with Crippen LogP contribution in [0, 0.1) is 0 Å². The summed E-state index contributed by atoms with van der Waals surface area (Å²) in [6.45, 7) is 1.50. The second-order valence-corrected chi connectivity index (χ2v) is 6.42. The van der Waals surface area contributed by atoms with Gasteiger partial charge in [0.2, 0.25) is 5.91 Å². The van der Waals surface area contributed by atoms with E-state index in [0.29, 0.717) is 0 Å². The average Bonchev–Trinajstić information content (AvgIpc) is 2.14. The van der Waals surface area contributed by atoms with Crippen LogP contribution in [0.15, 0.2) is 0 Å². The number of sulfone groups is 1. The highest BCUT2D eigenvalue weighted by molar-refractivity contribution is 7.91. The van der Waals surface area contributed by atoms with Crippen molar-refractivity contribution in [2.75, 3.05) is 18.1 Å². The van der Waals surface area contributed by atoms with Gasteiger partial charge in [-0.1, -0.05) is 0 Å². The zero-order valence-corrected chi connectivity index (χ0v) is 10.3. The lowest BCUT2D eigenvalue weighted by Crippen LogP contribution is -2.55. The predicted octanol–water partition coefficient (Wildman–Crippen LogP) is -1.57. The molecule has 0 aliphatic carbocycles. The van der Waals surface area contributed by atoms with E-state index < -0.39 is 33.8 Å². The van der Waals surface area contributed by atoms with Gasteiger partial charge in [-0.2, -0.15) is 0 Å². The van der Waals surface area contributed by atoms with Gasteiger partial charge in [0.25, 0.3) is 0 Å². The van der Waals surface area contributed by atoms with Gasteiger partial charge in [0.05, 0.1) is 30.0 Å². The number of amides is 1. The number of carboxylic acids is 1. The van der Waals surface area contributed by atoms with Crippen LogP contribution in [0.1, 0.15) is 13.3 Å². The zero-order chi connectivity index (χ0) is 13.2. The molecule has 1 saturated heterocycles. The summed E-state index contributed by atoms with van der Waals surface area (Å²) < 4.78 is 22.8. The molecule has 8 heteroatoms. The highest BCUT2D eigenvalue weighted by atomic mass is 32.2. The monoisotopic (exact) mass is 264 g/mol. The molecule has 0 bridgehead atoms. The Morgan fingerprint density at radius 3 is 2.59 bits per heavy atom. The van der Waals surface area contributed by atoms with Gasteiger partial charge < -0.3 is 15.7 Å². The van der Waals surface area contributed by atoms with E-state index in [1.54, 1.807) is 0 Å². The van der Waals surface area contributed by atoms with Gasteiger partial charge in [-0.25, -0.2) is 8.42 Å². The topological polar surface area (TPSA) is 118 Å². The van der Waals surface area contributed by atoms with Crippen molar-refractivity contribution in [3.05, 3.63) is 0 Å². The molecule has 7 nitrogen and oxygen atoms in total. The Hall–Kier alpha value is -1.15. The summed E-state index contributed by atoms with van der Waals surface area (Å²) in [5.74, 6) is -1.99. The molecule has 0 aromatic carbocycles. The van der Waals surface area contributed by atoms with E-state index in [0.717, 1.165) is 0 Å². The fourth-order valence-corrected chi connectivity index (χ4v) is 3.33. The summed E-state index contributed by atoms with van der Waals surface area (Å²) in [5, 5.41) is 8.71. The molecule has 98 valence electrons. The largest absolute Gasteiger partial charge is 0.481 e. The third-order valence-electron chi connectivity index (χ3n) is 2.61. The van der Waals surface area contributed by atoms with Crippen LogP contribution in [0.2, 0.25) is 0 Å². The first-order valence-electron chi connectivity index (χ1n) is 5.21. The minimum atomic E-state index is -3.27. The summed E-state index contributed by atoms with van der Waals surface area (Å²) in [7, 11) is -3.27. The molecule has 1 amide bonds. The van der Waals surface area contributed by atoms with Crippen LogP contribution in [-0.2, 0) is 19.4 Å². The molecule has 1 heterocycles. The van der Waals surface area contributed by atoms with E-state index in [1.165, 1.54) is 11.8 Å². The number of carbonyl (C=O) groups excluding carboxylic acids is 1. The molecule has 0 aromatic rings. The van der Waals surface area contributed by atoms with Crippen molar-refractivity contribution in [1.82, 2.24) is 4.90 Å². The Bertz CT molecular complexity index is 417. The predicted molar refractivity (Wildman–Crippen MR) is 60.1 cm³/mol. The van der Waals surface area contributed by atoms with Gasteiger partial charge in [-0.05, 0) is 6.92 Å². The van der Waals surface area contributed by atoms with Gasteiger partial charge in [0.15, 0.2) is 9.84 Å². The quantitative estimate of drug-likeness (QED) is 0.636. The number of hydrogen-bond donors (Lipinski definition) is 2. The normalized spacial score (nSPS) is 25.3. The van der Waals surface area contributed by atoms with E-state index in [4.69, 9.17) is 10.8 Å². The molecule has 1 rings (SSSR count). The highest BCUT2D eigenvalue weighted by Crippen LogP contribution is 2.15. The lowest BCUT2D eigenvalue weighted by molar-refractivity contribution is -0.140. The maximum Gasteiger partial charge on any atom is 0.305 e. The number of nitrogens with two attached hydrogens (primary N) is 1. The molecule has 2 unspecified atom stereocenters. The van der Waals surface area contributed by atoms with Crippen LogP contribution in [0.25, 0.3) is 0 Å². The number of carbonyl (C=O) groups is 2. The zero-order valence-electron chi connectivity index (χ0n) is 9.50. The van der Waals surface area contributed by atoms with Gasteiger partial charge in [0, 0.05) is 6.54 Å².